The van der Waals surface area contributed by atoms with Crippen LogP contribution >= 0.6 is 0 Å². The van der Waals surface area contributed by atoms with Gasteiger partial charge in [0.2, 0.25) is 0 Å². The molecular formula is C9H10N2O2. The Morgan fingerprint density at radius 3 is 2.85 bits per heavy atom. The van der Waals surface area contributed by atoms with Crippen LogP contribution in [0.1, 0.15) is 18.0 Å². The zero-order valence-electron chi connectivity index (χ0n) is 7.06. The summed E-state index contributed by atoms with van der Waals surface area (Å²) in [6.07, 6.45) is 1.07. The summed E-state index contributed by atoms with van der Waals surface area (Å²) < 4.78 is 0. The molecule has 1 N–H and O–H groups in total. The van der Waals surface area contributed by atoms with Crippen LogP contribution in [0.4, 0.5) is 5.69 Å². The highest BCUT2D eigenvalue weighted by atomic mass is 16.6. The normalized spacial score (nSPS) is 20.8. The van der Waals surface area contributed by atoms with Crippen LogP contribution in [0.15, 0.2) is 24.3 Å². The van der Waals surface area contributed by atoms with Gasteiger partial charge in [0.15, 0.2) is 0 Å². The monoisotopic (exact) mass is 178 g/mol. The molecule has 4 heteroatoms. The fourth-order valence-corrected chi connectivity index (χ4v) is 1.43. The van der Waals surface area contributed by atoms with Gasteiger partial charge in [0.1, 0.15) is 0 Å². The summed E-state index contributed by atoms with van der Waals surface area (Å²) in [5.41, 5.74) is 1.19. The van der Waals surface area contributed by atoms with Gasteiger partial charge in [0.05, 0.1) is 4.92 Å². The smallest absolute Gasteiger partial charge is 0.269 e. The predicted molar refractivity (Wildman–Crippen MR) is 48.5 cm³/mol. The number of hydrogen-bond acceptors (Lipinski definition) is 3. The van der Waals surface area contributed by atoms with E-state index in [1.165, 1.54) is 6.07 Å². The first-order chi connectivity index (χ1) is 6.27. The average Bonchev–Trinajstić information content (AvgIpc) is 2.01. The van der Waals surface area contributed by atoms with E-state index in [9.17, 15) is 10.1 Å². The second kappa shape index (κ2) is 3.14. The first kappa shape index (κ1) is 8.19. The summed E-state index contributed by atoms with van der Waals surface area (Å²) in [6, 6.07) is 7.12. The van der Waals surface area contributed by atoms with Gasteiger partial charge in [-0.25, -0.2) is 0 Å². The van der Waals surface area contributed by atoms with Gasteiger partial charge in [-0.05, 0) is 18.5 Å². The number of benzene rings is 1. The fraction of sp³-hybridized carbons (Fsp3) is 0.333. The number of nitrogens with zero attached hydrogens (tertiary/aromatic N) is 1. The minimum absolute atomic E-state index is 0.172. The van der Waals surface area contributed by atoms with Gasteiger partial charge in [0.25, 0.3) is 5.69 Å². The van der Waals surface area contributed by atoms with Crippen molar-refractivity contribution in [3.8, 4) is 0 Å². The van der Waals surface area contributed by atoms with Gasteiger partial charge in [0, 0.05) is 18.2 Å². The molecule has 1 unspecified atom stereocenters. The van der Waals surface area contributed by atoms with Gasteiger partial charge in [-0.3, -0.25) is 10.1 Å². The molecule has 1 aliphatic heterocycles. The van der Waals surface area contributed by atoms with Gasteiger partial charge in [-0.15, -0.1) is 0 Å². The van der Waals surface area contributed by atoms with Crippen molar-refractivity contribution in [2.45, 2.75) is 12.5 Å². The number of hydrogen-bond donors (Lipinski definition) is 1. The molecule has 13 heavy (non-hydrogen) atoms. The second-order valence-electron chi connectivity index (χ2n) is 3.15. The third-order valence-corrected chi connectivity index (χ3v) is 2.31. The third-order valence-electron chi connectivity index (χ3n) is 2.31. The van der Waals surface area contributed by atoms with Gasteiger partial charge in [-0.1, -0.05) is 12.1 Å². The highest BCUT2D eigenvalue weighted by molar-refractivity contribution is 5.36. The Balaban J connectivity index is 2.26. The molecule has 1 saturated heterocycles. The minimum atomic E-state index is -0.359. The van der Waals surface area contributed by atoms with E-state index in [0.29, 0.717) is 6.04 Å². The number of nitro benzene ring substituents is 1. The standard InChI is InChI=1S/C9H10N2O2/c12-11(13)8-3-1-2-7(6-8)9-4-5-10-9/h1-3,6,9-10H,4-5H2. The molecule has 0 amide bonds. The van der Waals surface area contributed by atoms with Crippen molar-refractivity contribution in [2.75, 3.05) is 6.54 Å². The van der Waals surface area contributed by atoms with Crippen molar-refractivity contribution >= 4 is 5.69 Å². The summed E-state index contributed by atoms with van der Waals surface area (Å²) in [5, 5.41) is 13.7. The van der Waals surface area contributed by atoms with Crippen molar-refractivity contribution in [2.24, 2.45) is 0 Å². The third kappa shape index (κ3) is 1.53. The molecule has 0 aromatic heterocycles. The lowest BCUT2D eigenvalue weighted by molar-refractivity contribution is -0.384. The molecule has 0 saturated carbocycles. The minimum Gasteiger partial charge on any atom is -0.310 e. The van der Waals surface area contributed by atoms with E-state index in [0.717, 1.165) is 18.5 Å². The Bertz CT molecular complexity index is 334. The molecule has 2 rings (SSSR count). The molecule has 0 aliphatic carbocycles. The van der Waals surface area contributed by atoms with E-state index >= 15 is 0 Å². The maximum absolute atomic E-state index is 10.5. The molecule has 1 heterocycles. The number of nitrogens with one attached hydrogen (secondary N) is 1. The molecule has 1 atom stereocenters. The highest BCUT2D eigenvalue weighted by Crippen LogP contribution is 2.25. The van der Waals surface area contributed by atoms with Crippen molar-refractivity contribution in [3.05, 3.63) is 39.9 Å². The van der Waals surface area contributed by atoms with Crippen LogP contribution in [-0.4, -0.2) is 11.5 Å². The summed E-state index contributed by atoms with van der Waals surface area (Å²) in [6.45, 7) is 1.01. The molecule has 1 aromatic rings. The van der Waals surface area contributed by atoms with E-state index < -0.39 is 0 Å². The van der Waals surface area contributed by atoms with E-state index in [1.54, 1.807) is 12.1 Å². The molecule has 4 nitrogen and oxygen atoms in total. The van der Waals surface area contributed by atoms with Crippen LogP contribution in [0, 0.1) is 10.1 Å². The Kier molecular flexibility index (Phi) is 1.98. The SMILES string of the molecule is O=[N+]([O-])c1cccc(C2CCN2)c1. The topological polar surface area (TPSA) is 55.2 Å². The lowest BCUT2D eigenvalue weighted by atomic mass is 9.98. The Morgan fingerprint density at radius 2 is 2.31 bits per heavy atom. The summed E-state index contributed by atoms with van der Waals surface area (Å²) in [7, 11) is 0. The van der Waals surface area contributed by atoms with Crippen LogP contribution in [0.25, 0.3) is 0 Å². The van der Waals surface area contributed by atoms with E-state index in [4.69, 9.17) is 0 Å². The molecule has 0 radical (unpaired) electrons. The van der Waals surface area contributed by atoms with Crippen LogP contribution in [-0.2, 0) is 0 Å². The molecule has 1 fully saturated rings. The van der Waals surface area contributed by atoms with Crippen molar-refractivity contribution in [1.29, 1.82) is 0 Å². The average molecular weight is 178 g/mol. The molecule has 1 aromatic carbocycles. The first-order valence-corrected chi connectivity index (χ1v) is 4.25. The van der Waals surface area contributed by atoms with Crippen molar-refractivity contribution in [3.63, 3.8) is 0 Å². The maximum atomic E-state index is 10.5. The Labute approximate surface area is 75.7 Å². The lowest BCUT2D eigenvalue weighted by Gasteiger charge is -2.27. The van der Waals surface area contributed by atoms with Gasteiger partial charge in [-0.2, -0.15) is 0 Å². The largest absolute Gasteiger partial charge is 0.310 e. The number of rotatable bonds is 2. The number of nitro groups is 1. The summed E-state index contributed by atoms with van der Waals surface area (Å²) >= 11 is 0. The van der Waals surface area contributed by atoms with Crippen LogP contribution < -0.4 is 5.32 Å². The van der Waals surface area contributed by atoms with Gasteiger partial charge >= 0.3 is 0 Å². The van der Waals surface area contributed by atoms with E-state index in [-0.39, 0.29) is 10.6 Å². The summed E-state index contributed by atoms with van der Waals surface area (Å²) in [4.78, 5) is 10.1. The molecule has 68 valence electrons. The van der Waals surface area contributed by atoms with E-state index in [1.807, 2.05) is 6.07 Å². The predicted octanol–water partition coefficient (Wildman–Crippen LogP) is 1.63. The van der Waals surface area contributed by atoms with Gasteiger partial charge < -0.3 is 5.32 Å². The zero-order chi connectivity index (χ0) is 9.26. The van der Waals surface area contributed by atoms with Crippen LogP contribution in [0.2, 0.25) is 0 Å². The van der Waals surface area contributed by atoms with E-state index in [2.05, 4.69) is 5.32 Å². The van der Waals surface area contributed by atoms with Crippen molar-refractivity contribution in [1.82, 2.24) is 5.32 Å². The fourth-order valence-electron chi connectivity index (χ4n) is 1.43. The second-order valence-corrected chi connectivity index (χ2v) is 3.15. The number of non-ortho nitro benzene ring substituents is 1. The molecule has 0 spiro atoms. The maximum Gasteiger partial charge on any atom is 0.269 e. The molecular weight excluding hydrogens is 168 g/mol. The van der Waals surface area contributed by atoms with Crippen molar-refractivity contribution < 1.29 is 4.92 Å². The summed E-state index contributed by atoms with van der Waals surface area (Å²) in [5.74, 6) is 0. The zero-order valence-corrected chi connectivity index (χ0v) is 7.06. The quantitative estimate of drug-likeness (QED) is 0.553. The first-order valence-electron chi connectivity index (χ1n) is 4.25. The molecule has 0 bridgehead atoms. The lowest BCUT2D eigenvalue weighted by Crippen LogP contribution is -2.34. The van der Waals surface area contributed by atoms with Crippen LogP contribution in [0.5, 0.6) is 0 Å². The Hall–Kier alpha value is -1.42. The highest BCUT2D eigenvalue weighted by Gasteiger charge is 2.19. The molecule has 1 aliphatic rings. The van der Waals surface area contributed by atoms with Crippen LogP contribution in [0.3, 0.4) is 0 Å². The Morgan fingerprint density at radius 1 is 1.54 bits per heavy atom.